The first kappa shape index (κ1) is 14.1. The number of carboxylic acids is 1. The zero-order chi connectivity index (χ0) is 14.4. The van der Waals surface area contributed by atoms with Crippen LogP contribution in [0.5, 0.6) is 5.75 Å². The Morgan fingerprint density at radius 3 is 2.90 bits per heavy atom. The fourth-order valence-corrected chi connectivity index (χ4v) is 1.93. The Morgan fingerprint density at radius 2 is 2.20 bits per heavy atom. The molecule has 2 N–H and O–H groups in total. The molecule has 0 aliphatic carbocycles. The lowest BCUT2D eigenvalue weighted by Gasteiger charge is -2.08. The highest BCUT2D eigenvalue weighted by Crippen LogP contribution is 2.17. The fraction of sp³-hybridized carbons (Fsp3) is 0.267. The molecule has 0 bridgehead atoms. The average Bonchev–Trinajstić information content (AvgIpc) is 2.93. The number of para-hydroxylation sites is 1. The smallest absolute Gasteiger partial charge is 0.338 e. The molecule has 0 radical (unpaired) electrons. The van der Waals surface area contributed by atoms with E-state index in [-0.39, 0.29) is 5.56 Å². The summed E-state index contributed by atoms with van der Waals surface area (Å²) in [5.74, 6) is 0.511. The Balaban J connectivity index is 1.80. The summed E-state index contributed by atoms with van der Waals surface area (Å²) in [7, 11) is 1.66. The van der Waals surface area contributed by atoms with Crippen molar-refractivity contribution >= 4 is 5.97 Å². The molecule has 0 aliphatic rings. The number of hydrogen-bond acceptors (Lipinski definition) is 4. The second-order valence-corrected chi connectivity index (χ2v) is 4.35. The minimum atomic E-state index is -0.978. The average molecular weight is 275 g/mol. The van der Waals surface area contributed by atoms with E-state index in [9.17, 15) is 4.79 Å². The standard InChI is InChI=1S/C15H17NO4/c1-19-14-5-3-2-4-11(14)6-7-16-9-13-8-12(10-20-13)15(17)18/h2-5,8,10,16H,6-7,9H2,1H3,(H,17,18). The maximum absolute atomic E-state index is 10.7. The van der Waals surface area contributed by atoms with E-state index < -0.39 is 5.97 Å². The van der Waals surface area contributed by atoms with Crippen molar-refractivity contribution in [1.29, 1.82) is 0 Å². The van der Waals surface area contributed by atoms with Gasteiger partial charge in [0.15, 0.2) is 0 Å². The number of rotatable bonds is 7. The van der Waals surface area contributed by atoms with Crippen molar-refractivity contribution < 1.29 is 19.1 Å². The van der Waals surface area contributed by atoms with E-state index in [1.165, 1.54) is 12.3 Å². The Kier molecular flexibility index (Phi) is 4.79. The van der Waals surface area contributed by atoms with Crippen LogP contribution >= 0.6 is 0 Å². The topological polar surface area (TPSA) is 71.7 Å². The van der Waals surface area contributed by atoms with E-state index >= 15 is 0 Å². The first-order valence-corrected chi connectivity index (χ1v) is 6.34. The second kappa shape index (κ2) is 6.77. The van der Waals surface area contributed by atoms with Crippen molar-refractivity contribution in [3.63, 3.8) is 0 Å². The van der Waals surface area contributed by atoms with Crippen molar-refractivity contribution in [3.05, 3.63) is 53.5 Å². The molecule has 0 aliphatic heterocycles. The first-order chi connectivity index (χ1) is 9.70. The largest absolute Gasteiger partial charge is 0.496 e. The molecule has 106 valence electrons. The molecule has 5 heteroatoms. The van der Waals surface area contributed by atoms with Crippen molar-refractivity contribution in [2.75, 3.05) is 13.7 Å². The Bertz CT molecular complexity index is 577. The second-order valence-electron chi connectivity index (χ2n) is 4.35. The Hall–Kier alpha value is -2.27. The van der Waals surface area contributed by atoms with Gasteiger partial charge >= 0.3 is 5.97 Å². The molecular weight excluding hydrogens is 258 g/mol. The SMILES string of the molecule is COc1ccccc1CCNCc1cc(C(=O)O)co1. The maximum Gasteiger partial charge on any atom is 0.338 e. The van der Waals surface area contributed by atoms with Gasteiger partial charge < -0.3 is 19.6 Å². The van der Waals surface area contributed by atoms with Crippen molar-refractivity contribution in [2.45, 2.75) is 13.0 Å². The quantitative estimate of drug-likeness (QED) is 0.759. The van der Waals surface area contributed by atoms with E-state index in [1.54, 1.807) is 7.11 Å². The molecule has 0 unspecified atom stereocenters. The predicted molar refractivity (Wildman–Crippen MR) is 74.1 cm³/mol. The van der Waals surface area contributed by atoms with Crippen LogP contribution in [0.1, 0.15) is 21.7 Å². The van der Waals surface area contributed by atoms with Crippen LogP contribution < -0.4 is 10.1 Å². The van der Waals surface area contributed by atoms with Crippen LogP contribution in [0.2, 0.25) is 0 Å². The van der Waals surface area contributed by atoms with Crippen LogP contribution in [0.3, 0.4) is 0 Å². The molecule has 5 nitrogen and oxygen atoms in total. The van der Waals surface area contributed by atoms with Crippen LogP contribution in [-0.2, 0) is 13.0 Å². The zero-order valence-electron chi connectivity index (χ0n) is 11.3. The zero-order valence-corrected chi connectivity index (χ0v) is 11.3. The van der Waals surface area contributed by atoms with E-state index in [4.69, 9.17) is 14.3 Å². The van der Waals surface area contributed by atoms with Gasteiger partial charge in [0.25, 0.3) is 0 Å². The summed E-state index contributed by atoms with van der Waals surface area (Å²) in [4.78, 5) is 10.7. The van der Waals surface area contributed by atoms with Gasteiger partial charge in [-0.05, 0) is 30.7 Å². The molecule has 0 spiro atoms. The fourth-order valence-electron chi connectivity index (χ4n) is 1.93. The summed E-state index contributed by atoms with van der Waals surface area (Å²) in [5, 5.41) is 12.0. The lowest BCUT2D eigenvalue weighted by Crippen LogP contribution is -2.16. The van der Waals surface area contributed by atoms with E-state index in [1.807, 2.05) is 24.3 Å². The number of nitrogens with one attached hydrogen (secondary N) is 1. The summed E-state index contributed by atoms with van der Waals surface area (Å²) in [6.07, 6.45) is 2.08. The summed E-state index contributed by atoms with van der Waals surface area (Å²) < 4.78 is 10.4. The van der Waals surface area contributed by atoms with E-state index in [0.29, 0.717) is 12.3 Å². The van der Waals surface area contributed by atoms with Crippen molar-refractivity contribution in [1.82, 2.24) is 5.32 Å². The van der Waals surface area contributed by atoms with Gasteiger partial charge in [0.1, 0.15) is 17.8 Å². The van der Waals surface area contributed by atoms with Crippen LogP contribution in [0.4, 0.5) is 0 Å². The highest BCUT2D eigenvalue weighted by atomic mass is 16.5. The Labute approximate surface area is 117 Å². The van der Waals surface area contributed by atoms with Gasteiger partial charge in [-0.1, -0.05) is 18.2 Å². The van der Waals surface area contributed by atoms with Gasteiger partial charge in [0.2, 0.25) is 0 Å². The summed E-state index contributed by atoms with van der Waals surface area (Å²) in [6.45, 7) is 1.26. The summed E-state index contributed by atoms with van der Waals surface area (Å²) in [5.41, 5.74) is 1.31. The molecule has 1 heterocycles. The molecule has 2 rings (SSSR count). The molecule has 1 aromatic heterocycles. The van der Waals surface area contributed by atoms with Crippen LogP contribution in [0.25, 0.3) is 0 Å². The third-order valence-electron chi connectivity index (χ3n) is 2.96. The minimum Gasteiger partial charge on any atom is -0.496 e. The monoisotopic (exact) mass is 275 g/mol. The highest BCUT2D eigenvalue weighted by molar-refractivity contribution is 5.87. The molecule has 0 atom stereocenters. The maximum atomic E-state index is 10.7. The van der Waals surface area contributed by atoms with Gasteiger partial charge in [-0.25, -0.2) is 4.79 Å². The third kappa shape index (κ3) is 3.61. The highest BCUT2D eigenvalue weighted by Gasteiger charge is 2.07. The summed E-state index contributed by atoms with van der Waals surface area (Å²) in [6, 6.07) is 9.39. The molecule has 0 saturated heterocycles. The number of carboxylic acid groups (broad SMARTS) is 1. The molecule has 0 fully saturated rings. The van der Waals surface area contributed by atoms with Crippen LogP contribution in [-0.4, -0.2) is 24.7 Å². The lowest BCUT2D eigenvalue weighted by molar-refractivity contribution is 0.0696. The molecule has 2 aromatic rings. The molecule has 0 saturated carbocycles. The summed E-state index contributed by atoms with van der Waals surface area (Å²) >= 11 is 0. The van der Waals surface area contributed by atoms with Crippen LogP contribution in [0.15, 0.2) is 41.0 Å². The normalized spacial score (nSPS) is 10.4. The third-order valence-corrected chi connectivity index (χ3v) is 2.96. The molecular formula is C15H17NO4. The van der Waals surface area contributed by atoms with E-state index in [2.05, 4.69) is 5.32 Å². The molecule has 1 aromatic carbocycles. The number of furan rings is 1. The number of hydrogen-bond donors (Lipinski definition) is 2. The minimum absolute atomic E-state index is 0.173. The molecule has 0 amide bonds. The van der Waals surface area contributed by atoms with Gasteiger partial charge in [-0.2, -0.15) is 0 Å². The van der Waals surface area contributed by atoms with E-state index in [0.717, 1.165) is 24.3 Å². The van der Waals surface area contributed by atoms with Gasteiger partial charge in [-0.15, -0.1) is 0 Å². The van der Waals surface area contributed by atoms with Crippen LogP contribution in [0, 0.1) is 0 Å². The van der Waals surface area contributed by atoms with Gasteiger partial charge in [0, 0.05) is 0 Å². The van der Waals surface area contributed by atoms with Gasteiger partial charge in [-0.3, -0.25) is 0 Å². The number of ether oxygens (including phenoxy) is 1. The lowest BCUT2D eigenvalue weighted by atomic mass is 10.1. The first-order valence-electron chi connectivity index (χ1n) is 6.34. The van der Waals surface area contributed by atoms with Crippen molar-refractivity contribution in [3.8, 4) is 5.75 Å². The van der Waals surface area contributed by atoms with Crippen molar-refractivity contribution in [2.24, 2.45) is 0 Å². The van der Waals surface area contributed by atoms with Gasteiger partial charge in [0.05, 0.1) is 19.2 Å². The number of benzene rings is 1. The number of carbonyl (C=O) groups is 1. The molecule has 20 heavy (non-hydrogen) atoms. The number of methoxy groups -OCH3 is 1. The Morgan fingerprint density at radius 1 is 1.40 bits per heavy atom. The number of aromatic carboxylic acids is 1. The predicted octanol–water partition coefficient (Wildman–Crippen LogP) is 2.32.